The summed E-state index contributed by atoms with van der Waals surface area (Å²) >= 11 is 0. The Morgan fingerprint density at radius 3 is 2.46 bits per heavy atom. The average Bonchev–Trinajstić information content (AvgIpc) is 3.03. The SMILES string of the molecule is COc1ccc(Nc2nc(N3CCCCC3)c3cnn(C)c3n2)cc1.Cl. The third-order valence-electron chi connectivity index (χ3n) is 4.57. The molecule has 1 aliphatic rings. The number of piperidine rings is 1. The summed E-state index contributed by atoms with van der Waals surface area (Å²) in [5.41, 5.74) is 1.76. The van der Waals surface area contributed by atoms with Crippen LogP contribution >= 0.6 is 12.4 Å². The minimum Gasteiger partial charge on any atom is -0.497 e. The maximum atomic E-state index is 5.20. The standard InChI is InChI=1S/C18H22N6O.ClH/c1-23-16-15(12-19-23)17(24-10-4-3-5-11-24)22-18(21-16)20-13-6-8-14(25-2)9-7-13;/h6-9,12H,3-5,10-11H2,1-2H3,(H,20,21,22);1H. The van der Waals surface area contributed by atoms with Gasteiger partial charge in [-0.25, -0.2) is 0 Å². The van der Waals surface area contributed by atoms with Crippen LogP contribution in [0.15, 0.2) is 30.5 Å². The molecule has 0 unspecified atom stereocenters. The number of methoxy groups -OCH3 is 1. The van der Waals surface area contributed by atoms with E-state index in [0.29, 0.717) is 5.95 Å². The molecule has 3 heterocycles. The van der Waals surface area contributed by atoms with Gasteiger partial charge in [0.2, 0.25) is 5.95 Å². The first-order valence-corrected chi connectivity index (χ1v) is 8.60. The number of anilines is 3. The predicted molar refractivity (Wildman–Crippen MR) is 106 cm³/mol. The third-order valence-corrected chi connectivity index (χ3v) is 4.57. The minimum absolute atomic E-state index is 0. The van der Waals surface area contributed by atoms with Crippen LogP contribution in [0.1, 0.15) is 19.3 Å². The van der Waals surface area contributed by atoms with E-state index in [4.69, 9.17) is 9.72 Å². The molecule has 0 amide bonds. The summed E-state index contributed by atoms with van der Waals surface area (Å²) in [5, 5.41) is 8.67. The number of hydrogen-bond donors (Lipinski definition) is 1. The Hall–Kier alpha value is -2.54. The van der Waals surface area contributed by atoms with Gasteiger partial charge >= 0.3 is 0 Å². The van der Waals surface area contributed by atoms with E-state index in [1.54, 1.807) is 11.8 Å². The molecule has 8 heteroatoms. The Labute approximate surface area is 158 Å². The Balaban J connectivity index is 0.00000196. The Morgan fingerprint density at radius 2 is 1.77 bits per heavy atom. The first kappa shape index (κ1) is 18.3. The van der Waals surface area contributed by atoms with Crippen molar-refractivity contribution in [1.82, 2.24) is 19.7 Å². The first-order chi connectivity index (χ1) is 12.2. The van der Waals surface area contributed by atoms with Gasteiger partial charge in [0.05, 0.1) is 18.7 Å². The molecule has 3 aromatic rings. The van der Waals surface area contributed by atoms with Gasteiger partial charge in [0.15, 0.2) is 5.65 Å². The predicted octanol–water partition coefficient (Wildman–Crippen LogP) is 3.53. The number of halogens is 1. The number of hydrogen-bond acceptors (Lipinski definition) is 6. The van der Waals surface area contributed by atoms with Gasteiger partial charge in [0.1, 0.15) is 11.6 Å². The normalized spacial score (nSPS) is 14.2. The first-order valence-electron chi connectivity index (χ1n) is 8.60. The van der Waals surface area contributed by atoms with Gasteiger partial charge in [-0.2, -0.15) is 15.1 Å². The highest BCUT2D eigenvalue weighted by Crippen LogP contribution is 2.28. The zero-order valence-corrected chi connectivity index (χ0v) is 15.8. The third kappa shape index (κ3) is 3.53. The summed E-state index contributed by atoms with van der Waals surface area (Å²) in [5.74, 6) is 2.37. The van der Waals surface area contributed by atoms with Gasteiger partial charge < -0.3 is 15.0 Å². The number of aromatic nitrogens is 4. The van der Waals surface area contributed by atoms with Crippen LogP contribution in [-0.4, -0.2) is 39.9 Å². The van der Waals surface area contributed by atoms with Crippen LogP contribution in [0, 0.1) is 0 Å². The van der Waals surface area contributed by atoms with E-state index in [1.807, 2.05) is 37.5 Å². The molecule has 0 radical (unpaired) electrons. The lowest BCUT2D eigenvalue weighted by atomic mass is 10.1. The van der Waals surface area contributed by atoms with Crippen molar-refractivity contribution < 1.29 is 4.74 Å². The van der Waals surface area contributed by atoms with Crippen molar-refractivity contribution >= 4 is 40.9 Å². The van der Waals surface area contributed by atoms with Gasteiger partial charge in [0, 0.05) is 25.8 Å². The fraction of sp³-hybridized carbons (Fsp3) is 0.389. The molecule has 0 bridgehead atoms. The van der Waals surface area contributed by atoms with Crippen molar-refractivity contribution in [1.29, 1.82) is 0 Å². The molecule has 0 aliphatic carbocycles. The number of ether oxygens (including phenoxy) is 1. The number of rotatable bonds is 4. The van der Waals surface area contributed by atoms with E-state index in [2.05, 4.69) is 20.3 Å². The molecule has 2 aromatic heterocycles. The van der Waals surface area contributed by atoms with Crippen molar-refractivity contribution in [2.45, 2.75) is 19.3 Å². The largest absolute Gasteiger partial charge is 0.497 e. The molecule has 4 rings (SSSR count). The molecule has 1 aromatic carbocycles. The number of benzene rings is 1. The van der Waals surface area contributed by atoms with Crippen LogP contribution in [0.2, 0.25) is 0 Å². The van der Waals surface area contributed by atoms with Crippen LogP contribution in [0.25, 0.3) is 11.0 Å². The molecule has 0 saturated carbocycles. The zero-order chi connectivity index (χ0) is 17.2. The highest BCUT2D eigenvalue weighted by Gasteiger charge is 2.19. The fourth-order valence-electron chi connectivity index (χ4n) is 3.21. The van der Waals surface area contributed by atoms with E-state index in [-0.39, 0.29) is 12.4 Å². The second kappa shape index (κ2) is 7.78. The van der Waals surface area contributed by atoms with Crippen molar-refractivity contribution in [3.05, 3.63) is 30.5 Å². The van der Waals surface area contributed by atoms with E-state index in [1.165, 1.54) is 19.3 Å². The monoisotopic (exact) mass is 374 g/mol. The lowest BCUT2D eigenvalue weighted by Gasteiger charge is -2.28. The van der Waals surface area contributed by atoms with E-state index in [9.17, 15) is 0 Å². The van der Waals surface area contributed by atoms with E-state index >= 15 is 0 Å². The number of nitrogens with zero attached hydrogens (tertiary/aromatic N) is 5. The fourth-order valence-corrected chi connectivity index (χ4v) is 3.21. The van der Waals surface area contributed by atoms with Gasteiger partial charge in [-0.15, -0.1) is 12.4 Å². The second-order valence-electron chi connectivity index (χ2n) is 6.28. The van der Waals surface area contributed by atoms with Crippen molar-refractivity contribution in [2.75, 3.05) is 30.4 Å². The molecule has 138 valence electrons. The van der Waals surface area contributed by atoms with E-state index < -0.39 is 0 Å². The van der Waals surface area contributed by atoms with Gasteiger partial charge in [0.25, 0.3) is 0 Å². The van der Waals surface area contributed by atoms with Gasteiger partial charge in [-0.05, 0) is 43.5 Å². The molecule has 1 N–H and O–H groups in total. The molecule has 26 heavy (non-hydrogen) atoms. The van der Waals surface area contributed by atoms with Gasteiger partial charge in [-0.1, -0.05) is 0 Å². The Morgan fingerprint density at radius 1 is 1.04 bits per heavy atom. The second-order valence-corrected chi connectivity index (χ2v) is 6.28. The maximum absolute atomic E-state index is 5.20. The van der Waals surface area contributed by atoms with Crippen molar-refractivity contribution in [3.63, 3.8) is 0 Å². The molecule has 0 atom stereocenters. The lowest BCUT2D eigenvalue weighted by molar-refractivity contribution is 0.415. The van der Waals surface area contributed by atoms with E-state index in [0.717, 1.165) is 41.4 Å². The lowest BCUT2D eigenvalue weighted by Crippen LogP contribution is -2.30. The minimum atomic E-state index is 0. The maximum Gasteiger partial charge on any atom is 0.231 e. The molecule has 1 saturated heterocycles. The quantitative estimate of drug-likeness (QED) is 0.753. The Kier molecular flexibility index (Phi) is 5.46. The smallest absolute Gasteiger partial charge is 0.231 e. The highest BCUT2D eigenvalue weighted by atomic mass is 35.5. The summed E-state index contributed by atoms with van der Waals surface area (Å²) in [6.07, 6.45) is 5.55. The van der Waals surface area contributed by atoms with Crippen LogP contribution in [0.4, 0.5) is 17.5 Å². The number of nitrogens with one attached hydrogen (secondary N) is 1. The molecule has 7 nitrogen and oxygen atoms in total. The summed E-state index contributed by atoms with van der Waals surface area (Å²) in [4.78, 5) is 11.8. The number of fused-ring (bicyclic) bond motifs is 1. The molecule has 1 aliphatic heterocycles. The zero-order valence-electron chi connectivity index (χ0n) is 15.0. The average molecular weight is 375 g/mol. The molecular formula is C18H23ClN6O. The summed E-state index contributed by atoms with van der Waals surface area (Å²) in [6.45, 7) is 2.06. The number of aryl methyl sites for hydroxylation is 1. The van der Waals surface area contributed by atoms with Crippen LogP contribution in [-0.2, 0) is 7.05 Å². The topological polar surface area (TPSA) is 68.1 Å². The van der Waals surface area contributed by atoms with Crippen LogP contribution in [0.3, 0.4) is 0 Å². The van der Waals surface area contributed by atoms with Crippen LogP contribution < -0.4 is 15.0 Å². The Bertz CT molecular complexity index is 873. The van der Waals surface area contributed by atoms with Crippen LogP contribution in [0.5, 0.6) is 5.75 Å². The summed E-state index contributed by atoms with van der Waals surface area (Å²) < 4.78 is 7.00. The molecular weight excluding hydrogens is 352 g/mol. The van der Waals surface area contributed by atoms with Crippen molar-refractivity contribution in [2.24, 2.45) is 7.05 Å². The molecule has 1 fully saturated rings. The van der Waals surface area contributed by atoms with Gasteiger partial charge in [-0.3, -0.25) is 4.68 Å². The highest BCUT2D eigenvalue weighted by molar-refractivity contribution is 5.88. The summed E-state index contributed by atoms with van der Waals surface area (Å²) in [7, 11) is 3.57. The summed E-state index contributed by atoms with van der Waals surface area (Å²) in [6, 6.07) is 7.74. The van der Waals surface area contributed by atoms with Crippen molar-refractivity contribution in [3.8, 4) is 5.75 Å². The molecule has 0 spiro atoms.